The lowest BCUT2D eigenvalue weighted by Crippen LogP contribution is -2.29. The second kappa shape index (κ2) is 38.0. The maximum atomic E-state index is 12.6. The zero-order valence-electron chi connectivity index (χ0n) is 33.0. The van der Waals surface area contributed by atoms with Gasteiger partial charge in [-0.3, -0.25) is 18.6 Å². The van der Waals surface area contributed by atoms with Crippen LogP contribution in [0.3, 0.4) is 0 Å². The van der Waals surface area contributed by atoms with E-state index >= 15 is 0 Å². The zero-order chi connectivity index (χ0) is 39.1. The maximum absolute atomic E-state index is 12.6. The number of unbranched alkanes of at least 4 members (excludes halogenated alkanes) is 13. The minimum Gasteiger partial charge on any atom is -0.462 e. The summed E-state index contributed by atoms with van der Waals surface area (Å²) >= 11 is 0. The SMILES string of the molecule is CC/C=C/C/C=C/C/C=C/C/C=C/CCCCC(=O)OC[C@H](COP(=O)(O)OC[C@@H](O)CO)OC(=O)CCCC/C=C/CCCCCCCCCCC. The number of phosphoric acid groups is 1. The molecule has 0 amide bonds. The molecule has 0 saturated carbocycles. The number of hydrogen-bond acceptors (Lipinski definition) is 9. The van der Waals surface area contributed by atoms with Crippen molar-refractivity contribution in [3.05, 3.63) is 60.8 Å². The van der Waals surface area contributed by atoms with Crippen molar-refractivity contribution in [2.45, 2.75) is 167 Å². The average molecular weight is 769 g/mol. The van der Waals surface area contributed by atoms with Crippen molar-refractivity contribution in [3.8, 4) is 0 Å². The molecule has 11 heteroatoms. The molecule has 0 rings (SSSR count). The topological polar surface area (TPSA) is 149 Å². The first-order valence-electron chi connectivity index (χ1n) is 20.2. The Bertz CT molecular complexity index is 1070. The van der Waals surface area contributed by atoms with Gasteiger partial charge < -0.3 is 24.6 Å². The molecule has 3 atom stereocenters. The number of ether oxygens (including phenoxy) is 2. The van der Waals surface area contributed by atoms with Crippen molar-refractivity contribution < 1.29 is 47.8 Å². The van der Waals surface area contributed by atoms with Crippen LogP contribution in [0.25, 0.3) is 0 Å². The fourth-order valence-corrected chi connectivity index (χ4v) is 5.83. The molecule has 53 heavy (non-hydrogen) atoms. The van der Waals surface area contributed by atoms with E-state index in [1.165, 1.54) is 57.8 Å². The minimum absolute atomic E-state index is 0.143. The summed E-state index contributed by atoms with van der Waals surface area (Å²) in [6, 6.07) is 0. The number of allylic oxidation sites excluding steroid dienone is 10. The highest BCUT2D eigenvalue weighted by molar-refractivity contribution is 7.47. The Morgan fingerprint density at radius 1 is 0.585 bits per heavy atom. The van der Waals surface area contributed by atoms with Gasteiger partial charge in [-0.15, -0.1) is 0 Å². The number of rotatable bonds is 37. The van der Waals surface area contributed by atoms with Gasteiger partial charge in [0.15, 0.2) is 6.10 Å². The Hall–Kier alpha value is -2.33. The smallest absolute Gasteiger partial charge is 0.462 e. The van der Waals surface area contributed by atoms with Crippen LogP contribution >= 0.6 is 7.82 Å². The molecule has 0 fully saturated rings. The predicted molar refractivity (Wildman–Crippen MR) is 214 cm³/mol. The lowest BCUT2D eigenvalue weighted by molar-refractivity contribution is -0.161. The van der Waals surface area contributed by atoms with Gasteiger partial charge in [0.2, 0.25) is 0 Å². The third-order valence-electron chi connectivity index (χ3n) is 8.16. The standard InChI is InChI=1S/C42H73O10P/c1-3-5-7-9-11-13-15-17-19-21-23-25-27-29-31-33-41(45)49-37-40(38-51-53(47,48)50-36-39(44)35-43)52-42(46)34-32-30-28-26-24-22-20-18-16-14-12-10-8-6-4-2/h5,7,11,13,17,19,23-26,39-40,43-44H,3-4,6,8-10,12,14-16,18,20-22,27-38H2,1-2H3,(H,47,48)/b7-5+,13-11+,19-17+,25-23+,26-24+/t39-,40+/m0/s1. The molecule has 0 aromatic rings. The monoisotopic (exact) mass is 768 g/mol. The van der Waals surface area contributed by atoms with Crippen molar-refractivity contribution in [3.63, 3.8) is 0 Å². The van der Waals surface area contributed by atoms with Crippen LogP contribution in [0, 0.1) is 0 Å². The lowest BCUT2D eigenvalue weighted by atomic mass is 10.1. The quantitative estimate of drug-likeness (QED) is 0.0241. The van der Waals surface area contributed by atoms with Gasteiger partial charge in [0.25, 0.3) is 0 Å². The van der Waals surface area contributed by atoms with Gasteiger partial charge in [0.1, 0.15) is 12.7 Å². The van der Waals surface area contributed by atoms with Crippen LogP contribution in [0.5, 0.6) is 0 Å². The first kappa shape index (κ1) is 50.7. The Morgan fingerprint density at radius 3 is 1.58 bits per heavy atom. The summed E-state index contributed by atoms with van der Waals surface area (Å²) in [6.45, 7) is 2.17. The van der Waals surface area contributed by atoms with E-state index in [4.69, 9.17) is 19.1 Å². The molecule has 0 aliphatic carbocycles. The first-order chi connectivity index (χ1) is 25.7. The summed E-state index contributed by atoms with van der Waals surface area (Å²) in [5.74, 6) is -1.00. The molecule has 0 saturated heterocycles. The number of carbonyl (C=O) groups is 2. The number of hydrogen-bond donors (Lipinski definition) is 3. The Labute approximate surface area is 321 Å². The van der Waals surface area contributed by atoms with Crippen LogP contribution in [-0.2, 0) is 32.7 Å². The summed E-state index contributed by atoms with van der Waals surface area (Å²) in [5, 5.41) is 18.3. The van der Waals surface area contributed by atoms with Gasteiger partial charge in [-0.1, -0.05) is 126 Å². The molecule has 0 heterocycles. The molecule has 0 aromatic heterocycles. The molecule has 0 radical (unpaired) electrons. The number of carbonyl (C=O) groups excluding carboxylic acids is 2. The second-order valence-corrected chi connectivity index (χ2v) is 14.7. The number of aliphatic hydroxyl groups excluding tert-OH is 2. The highest BCUT2D eigenvalue weighted by Gasteiger charge is 2.27. The summed E-state index contributed by atoms with van der Waals surface area (Å²) < 4.78 is 32.6. The summed E-state index contributed by atoms with van der Waals surface area (Å²) in [4.78, 5) is 34.9. The van der Waals surface area contributed by atoms with Crippen LogP contribution in [0.2, 0.25) is 0 Å². The maximum Gasteiger partial charge on any atom is 0.472 e. The van der Waals surface area contributed by atoms with E-state index in [0.29, 0.717) is 12.8 Å². The van der Waals surface area contributed by atoms with E-state index in [1.54, 1.807) is 0 Å². The van der Waals surface area contributed by atoms with Gasteiger partial charge in [-0.05, 0) is 77.0 Å². The third-order valence-corrected chi connectivity index (χ3v) is 9.11. The highest BCUT2D eigenvalue weighted by atomic mass is 31.2. The fourth-order valence-electron chi connectivity index (χ4n) is 5.04. The first-order valence-corrected chi connectivity index (χ1v) is 21.7. The second-order valence-electron chi connectivity index (χ2n) is 13.3. The van der Waals surface area contributed by atoms with Crippen LogP contribution in [0.15, 0.2) is 60.8 Å². The van der Waals surface area contributed by atoms with Crippen molar-refractivity contribution >= 4 is 19.8 Å². The molecule has 0 aromatic carbocycles. The largest absolute Gasteiger partial charge is 0.472 e. The molecule has 1 unspecified atom stereocenters. The van der Waals surface area contributed by atoms with E-state index in [0.717, 1.165) is 57.8 Å². The molecule has 3 N–H and O–H groups in total. The fraction of sp³-hybridized carbons (Fsp3) is 0.714. The molecular weight excluding hydrogens is 695 g/mol. The molecule has 10 nitrogen and oxygen atoms in total. The summed E-state index contributed by atoms with van der Waals surface area (Å²) in [6.07, 6.45) is 40.5. The molecule has 0 aliphatic rings. The van der Waals surface area contributed by atoms with Crippen molar-refractivity contribution in [2.75, 3.05) is 26.4 Å². The average Bonchev–Trinajstić information content (AvgIpc) is 3.14. The van der Waals surface area contributed by atoms with E-state index in [-0.39, 0.29) is 19.4 Å². The Morgan fingerprint density at radius 2 is 1.04 bits per heavy atom. The van der Waals surface area contributed by atoms with Gasteiger partial charge >= 0.3 is 19.8 Å². The van der Waals surface area contributed by atoms with E-state index in [9.17, 15) is 24.2 Å². The Kier molecular flexibility index (Phi) is 36.3. The number of phosphoric ester groups is 1. The number of aliphatic hydroxyl groups is 2. The molecule has 306 valence electrons. The third kappa shape index (κ3) is 37.8. The van der Waals surface area contributed by atoms with Crippen LogP contribution < -0.4 is 0 Å². The van der Waals surface area contributed by atoms with E-state index < -0.39 is 51.8 Å². The predicted octanol–water partition coefficient (Wildman–Crippen LogP) is 10.3. The van der Waals surface area contributed by atoms with Crippen LogP contribution in [-0.4, -0.2) is 65.7 Å². The van der Waals surface area contributed by atoms with Crippen molar-refractivity contribution in [2.24, 2.45) is 0 Å². The van der Waals surface area contributed by atoms with Crippen LogP contribution in [0.1, 0.15) is 155 Å². The molecule has 0 bridgehead atoms. The summed E-state index contributed by atoms with van der Waals surface area (Å²) in [5.41, 5.74) is 0. The van der Waals surface area contributed by atoms with Gasteiger partial charge in [0.05, 0.1) is 19.8 Å². The normalized spacial score (nSPS) is 14.6. The molecular formula is C42H73O10P. The van der Waals surface area contributed by atoms with Crippen molar-refractivity contribution in [1.82, 2.24) is 0 Å². The van der Waals surface area contributed by atoms with Gasteiger partial charge in [-0.2, -0.15) is 0 Å². The summed E-state index contributed by atoms with van der Waals surface area (Å²) in [7, 11) is -4.63. The molecule has 0 spiro atoms. The lowest BCUT2D eigenvalue weighted by Gasteiger charge is -2.20. The van der Waals surface area contributed by atoms with E-state index in [1.807, 2.05) is 0 Å². The highest BCUT2D eigenvalue weighted by Crippen LogP contribution is 2.43. The Balaban J connectivity index is 4.45. The molecule has 0 aliphatic heterocycles. The van der Waals surface area contributed by atoms with Gasteiger partial charge in [0, 0.05) is 12.8 Å². The number of esters is 2. The van der Waals surface area contributed by atoms with Gasteiger partial charge in [-0.25, -0.2) is 4.57 Å². The van der Waals surface area contributed by atoms with Crippen molar-refractivity contribution in [1.29, 1.82) is 0 Å². The van der Waals surface area contributed by atoms with E-state index in [2.05, 4.69) is 79.1 Å². The zero-order valence-corrected chi connectivity index (χ0v) is 33.9. The van der Waals surface area contributed by atoms with Crippen LogP contribution in [0.4, 0.5) is 0 Å². The minimum atomic E-state index is -4.63.